The van der Waals surface area contributed by atoms with E-state index in [-0.39, 0.29) is 23.9 Å². The van der Waals surface area contributed by atoms with Crippen LogP contribution in [0.1, 0.15) is 75.7 Å². The molecular weight excluding hydrogens is 498 g/mol. The van der Waals surface area contributed by atoms with Gasteiger partial charge >= 0.3 is 0 Å². The Balaban J connectivity index is 1.41. The van der Waals surface area contributed by atoms with E-state index in [0.717, 1.165) is 47.6 Å². The third-order valence-corrected chi connectivity index (χ3v) is 9.75. The Morgan fingerprint density at radius 1 is 1.05 bits per heavy atom. The molecule has 2 aliphatic rings. The first-order valence-electron chi connectivity index (χ1n) is 14.2. The van der Waals surface area contributed by atoms with Crippen molar-refractivity contribution in [3.63, 3.8) is 0 Å². The standard InChI is InChI=1S/C30H41N3O4S/c1-4-23(34)10-6-19-14-22(9-13-28(19)37-25-15-20-7-8-21(16-25)32(20)3)33-18-31-27-17-26(12-11-24(35)5-2)38-29(27)30(33)36/h9,13-14,17-18,20-21,23-25,34-35H,4-8,10-12,15-16H2,1-3H3/t20-,21+,23?,24?,25+. The first kappa shape index (κ1) is 27.3. The smallest absolute Gasteiger partial charge is 0.275 e. The second kappa shape index (κ2) is 11.9. The number of aryl methyl sites for hydroxylation is 2. The number of aliphatic hydroxyl groups excluding tert-OH is 2. The Morgan fingerprint density at radius 3 is 2.42 bits per heavy atom. The van der Waals surface area contributed by atoms with Gasteiger partial charge in [-0.3, -0.25) is 9.36 Å². The van der Waals surface area contributed by atoms with Crippen LogP contribution < -0.4 is 10.3 Å². The number of rotatable bonds is 11. The highest BCUT2D eigenvalue weighted by molar-refractivity contribution is 7.18. The van der Waals surface area contributed by atoms with Crippen molar-refractivity contribution in [2.24, 2.45) is 0 Å². The van der Waals surface area contributed by atoms with Crippen LogP contribution in [-0.2, 0) is 12.8 Å². The van der Waals surface area contributed by atoms with Crippen molar-refractivity contribution in [3.8, 4) is 11.4 Å². The van der Waals surface area contributed by atoms with Gasteiger partial charge in [-0.05, 0) is 101 Å². The summed E-state index contributed by atoms with van der Waals surface area (Å²) in [5, 5.41) is 20.2. The minimum atomic E-state index is -0.359. The monoisotopic (exact) mass is 539 g/mol. The van der Waals surface area contributed by atoms with E-state index in [1.54, 1.807) is 10.9 Å². The number of hydrogen-bond acceptors (Lipinski definition) is 7. The molecule has 3 aromatic rings. The largest absolute Gasteiger partial charge is 0.490 e. The van der Waals surface area contributed by atoms with Crippen LogP contribution in [0.15, 0.2) is 35.4 Å². The number of fused-ring (bicyclic) bond motifs is 3. The van der Waals surface area contributed by atoms with Gasteiger partial charge in [0.1, 0.15) is 22.9 Å². The highest BCUT2D eigenvalue weighted by Gasteiger charge is 2.39. The summed E-state index contributed by atoms with van der Waals surface area (Å²) in [5.41, 5.74) is 2.41. The number of hydrogen-bond donors (Lipinski definition) is 2. The molecule has 2 aliphatic heterocycles. The zero-order valence-corrected chi connectivity index (χ0v) is 23.6. The van der Waals surface area contributed by atoms with Crippen LogP contribution in [-0.4, -0.2) is 62.1 Å². The average Bonchev–Trinajstić information content (AvgIpc) is 3.42. The van der Waals surface area contributed by atoms with E-state index in [0.29, 0.717) is 48.0 Å². The van der Waals surface area contributed by atoms with E-state index in [4.69, 9.17) is 4.74 Å². The van der Waals surface area contributed by atoms with Gasteiger partial charge in [-0.15, -0.1) is 11.3 Å². The third kappa shape index (κ3) is 5.83. The van der Waals surface area contributed by atoms with Gasteiger partial charge in [0, 0.05) is 17.0 Å². The van der Waals surface area contributed by atoms with Crippen LogP contribution in [0.2, 0.25) is 0 Å². The van der Waals surface area contributed by atoms with Crippen molar-refractivity contribution in [2.45, 2.75) is 108 Å². The molecule has 2 aromatic heterocycles. The molecular formula is C30H41N3O4S. The second-order valence-corrected chi connectivity index (χ2v) is 12.2. The predicted molar refractivity (Wildman–Crippen MR) is 153 cm³/mol. The normalized spacial score (nSPS) is 23.1. The first-order chi connectivity index (χ1) is 18.4. The fourth-order valence-corrected chi connectivity index (χ4v) is 7.03. The summed E-state index contributed by atoms with van der Waals surface area (Å²) >= 11 is 1.47. The summed E-state index contributed by atoms with van der Waals surface area (Å²) in [6, 6.07) is 9.13. The molecule has 0 radical (unpaired) electrons. The quantitative estimate of drug-likeness (QED) is 0.362. The average molecular weight is 540 g/mol. The number of piperidine rings is 1. The SMILES string of the molecule is CCC(O)CCc1cc2ncn(-c3ccc(O[C@H]4C[C@H]5CC[C@@H](C4)N5C)c(CCC(O)CC)c3)c(=O)c2s1. The first-order valence-corrected chi connectivity index (χ1v) is 15.1. The van der Waals surface area contributed by atoms with Crippen LogP contribution in [0, 0.1) is 0 Å². The molecule has 5 atom stereocenters. The van der Waals surface area contributed by atoms with Crippen LogP contribution >= 0.6 is 11.3 Å². The number of ether oxygens (including phenoxy) is 1. The topological polar surface area (TPSA) is 87.8 Å². The van der Waals surface area contributed by atoms with Gasteiger partial charge in [0.15, 0.2) is 0 Å². The molecule has 0 amide bonds. The molecule has 7 nitrogen and oxygen atoms in total. The molecule has 8 heteroatoms. The van der Waals surface area contributed by atoms with Crippen molar-refractivity contribution >= 4 is 21.6 Å². The molecule has 2 bridgehead atoms. The maximum atomic E-state index is 13.5. The molecule has 206 valence electrons. The van der Waals surface area contributed by atoms with Crippen LogP contribution in [0.5, 0.6) is 5.75 Å². The fourth-order valence-electron chi connectivity index (χ4n) is 5.97. The molecule has 5 rings (SSSR count). The summed E-state index contributed by atoms with van der Waals surface area (Å²) in [7, 11) is 2.23. The summed E-state index contributed by atoms with van der Waals surface area (Å²) in [5.74, 6) is 0.862. The second-order valence-electron chi connectivity index (χ2n) is 11.1. The minimum Gasteiger partial charge on any atom is -0.490 e. The number of thiophene rings is 1. The number of aliphatic hydroxyl groups is 2. The fraction of sp³-hybridized carbons (Fsp3) is 0.600. The van der Waals surface area contributed by atoms with Gasteiger partial charge in [0.2, 0.25) is 0 Å². The number of nitrogens with zero attached hydrogens (tertiary/aromatic N) is 3. The van der Waals surface area contributed by atoms with Gasteiger partial charge in [-0.25, -0.2) is 4.98 Å². The summed E-state index contributed by atoms with van der Waals surface area (Å²) in [4.78, 5) is 21.6. The molecule has 2 saturated heterocycles. The molecule has 38 heavy (non-hydrogen) atoms. The van der Waals surface area contributed by atoms with E-state index in [1.165, 1.54) is 24.2 Å². The third-order valence-electron chi connectivity index (χ3n) is 8.57. The Labute approximate surface area is 229 Å². The Bertz CT molecular complexity index is 1290. The van der Waals surface area contributed by atoms with Crippen molar-refractivity contribution in [1.29, 1.82) is 0 Å². The van der Waals surface area contributed by atoms with E-state index in [9.17, 15) is 15.0 Å². The van der Waals surface area contributed by atoms with Gasteiger partial charge in [0.25, 0.3) is 5.56 Å². The molecule has 2 N–H and O–H groups in total. The molecule has 2 fully saturated rings. The van der Waals surface area contributed by atoms with Gasteiger partial charge < -0.3 is 19.8 Å². The van der Waals surface area contributed by atoms with Crippen molar-refractivity contribution in [2.75, 3.05) is 7.05 Å². The van der Waals surface area contributed by atoms with Crippen LogP contribution in [0.4, 0.5) is 0 Å². The van der Waals surface area contributed by atoms with E-state index in [2.05, 4.69) is 16.9 Å². The molecule has 4 heterocycles. The van der Waals surface area contributed by atoms with Gasteiger partial charge in [-0.1, -0.05) is 13.8 Å². The zero-order valence-electron chi connectivity index (χ0n) is 22.8. The lowest BCUT2D eigenvalue weighted by molar-refractivity contribution is 0.0654. The lowest BCUT2D eigenvalue weighted by Crippen LogP contribution is -2.43. The molecule has 0 spiro atoms. The minimum absolute atomic E-state index is 0.0811. The number of benzene rings is 1. The molecule has 2 unspecified atom stereocenters. The maximum absolute atomic E-state index is 13.5. The summed E-state index contributed by atoms with van der Waals surface area (Å²) in [6.07, 6.45) is 9.91. The predicted octanol–water partition coefficient (Wildman–Crippen LogP) is 4.86. The summed E-state index contributed by atoms with van der Waals surface area (Å²) < 4.78 is 8.85. The zero-order chi connectivity index (χ0) is 26.8. The van der Waals surface area contributed by atoms with E-state index in [1.807, 2.05) is 38.1 Å². The highest BCUT2D eigenvalue weighted by atomic mass is 32.1. The van der Waals surface area contributed by atoms with E-state index >= 15 is 0 Å². The lowest BCUT2D eigenvalue weighted by atomic mass is 9.99. The Morgan fingerprint density at radius 2 is 1.74 bits per heavy atom. The van der Waals surface area contributed by atoms with Crippen molar-refractivity contribution in [3.05, 3.63) is 51.4 Å². The van der Waals surface area contributed by atoms with Crippen LogP contribution in [0.25, 0.3) is 15.9 Å². The van der Waals surface area contributed by atoms with Gasteiger partial charge in [0.05, 0.1) is 23.4 Å². The lowest BCUT2D eigenvalue weighted by Gasteiger charge is -2.36. The Hall–Kier alpha value is -2.26. The van der Waals surface area contributed by atoms with Crippen molar-refractivity contribution in [1.82, 2.24) is 14.5 Å². The van der Waals surface area contributed by atoms with Gasteiger partial charge in [-0.2, -0.15) is 0 Å². The molecule has 1 aromatic carbocycles. The number of aromatic nitrogens is 2. The van der Waals surface area contributed by atoms with Crippen molar-refractivity contribution < 1.29 is 14.9 Å². The van der Waals surface area contributed by atoms with Crippen LogP contribution in [0.3, 0.4) is 0 Å². The van der Waals surface area contributed by atoms with E-state index < -0.39 is 0 Å². The highest BCUT2D eigenvalue weighted by Crippen LogP contribution is 2.37. The maximum Gasteiger partial charge on any atom is 0.275 e. The molecule has 0 saturated carbocycles. The summed E-state index contributed by atoms with van der Waals surface area (Å²) in [6.45, 7) is 3.96. The Kier molecular flexibility index (Phi) is 8.53. The molecule has 0 aliphatic carbocycles.